The second-order valence-corrected chi connectivity index (χ2v) is 5.16. The van der Waals surface area contributed by atoms with Gasteiger partial charge in [-0.3, -0.25) is 9.48 Å². The van der Waals surface area contributed by atoms with Gasteiger partial charge in [-0.05, 0) is 19.4 Å². The van der Waals surface area contributed by atoms with E-state index in [-0.39, 0.29) is 4.87 Å². The summed E-state index contributed by atoms with van der Waals surface area (Å²) in [6, 6.07) is 2.46. The molecular formula is C12H18N4OS. The maximum atomic E-state index is 11.0. The van der Waals surface area contributed by atoms with Crippen molar-refractivity contribution < 1.29 is 0 Å². The van der Waals surface area contributed by atoms with Gasteiger partial charge in [0.1, 0.15) is 0 Å². The molecule has 0 aromatic carbocycles. The van der Waals surface area contributed by atoms with Crippen LogP contribution < -0.4 is 10.2 Å². The van der Waals surface area contributed by atoms with Crippen LogP contribution in [0.4, 0.5) is 0 Å². The largest absolute Gasteiger partial charge is 0.315 e. The molecule has 0 fully saturated rings. The number of H-pyrrole nitrogens is 1. The summed E-state index contributed by atoms with van der Waals surface area (Å²) >= 11 is 1.19. The van der Waals surface area contributed by atoms with E-state index in [0.29, 0.717) is 19.1 Å². The minimum atomic E-state index is -0.00662. The Morgan fingerprint density at radius 2 is 2.39 bits per heavy atom. The predicted molar refractivity (Wildman–Crippen MR) is 72.7 cm³/mol. The molecule has 0 saturated heterocycles. The first-order chi connectivity index (χ1) is 8.69. The number of hydrogen-bond donors (Lipinski definition) is 2. The minimum Gasteiger partial charge on any atom is -0.315 e. The second kappa shape index (κ2) is 5.97. The summed E-state index contributed by atoms with van der Waals surface area (Å²) in [5, 5.41) is 9.60. The van der Waals surface area contributed by atoms with Gasteiger partial charge in [-0.15, -0.1) is 0 Å². The van der Waals surface area contributed by atoms with Crippen LogP contribution >= 0.6 is 11.3 Å². The summed E-state index contributed by atoms with van der Waals surface area (Å²) in [6.07, 6.45) is 3.09. The third-order valence-electron chi connectivity index (χ3n) is 2.90. The van der Waals surface area contributed by atoms with Crippen LogP contribution in [0.1, 0.15) is 37.7 Å². The van der Waals surface area contributed by atoms with E-state index in [1.807, 2.05) is 22.3 Å². The Morgan fingerprint density at radius 1 is 1.56 bits per heavy atom. The molecule has 5 nitrogen and oxygen atoms in total. The van der Waals surface area contributed by atoms with Gasteiger partial charge < -0.3 is 10.3 Å². The summed E-state index contributed by atoms with van der Waals surface area (Å²) in [4.78, 5) is 13.7. The molecule has 98 valence electrons. The second-order valence-electron chi connectivity index (χ2n) is 4.32. The molecule has 0 bridgehead atoms. The molecule has 0 amide bonds. The first kappa shape index (κ1) is 13.0. The van der Waals surface area contributed by atoms with Gasteiger partial charge in [-0.1, -0.05) is 18.3 Å². The van der Waals surface area contributed by atoms with Crippen molar-refractivity contribution in [3.05, 3.63) is 38.7 Å². The number of nitrogens with one attached hydrogen (secondary N) is 2. The smallest absolute Gasteiger partial charge is 0.304 e. The first-order valence-corrected chi connectivity index (χ1v) is 6.98. The molecule has 0 aliphatic heterocycles. The zero-order valence-corrected chi connectivity index (χ0v) is 11.5. The minimum absolute atomic E-state index is 0.00662. The fraction of sp³-hybridized carbons (Fsp3) is 0.500. The third kappa shape index (κ3) is 3.30. The lowest BCUT2D eigenvalue weighted by molar-refractivity contribution is 0.471. The van der Waals surface area contributed by atoms with E-state index in [9.17, 15) is 4.79 Å². The summed E-state index contributed by atoms with van der Waals surface area (Å²) in [6.45, 7) is 5.67. The Bertz CT molecular complexity index is 542. The zero-order chi connectivity index (χ0) is 13.0. The van der Waals surface area contributed by atoms with Crippen LogP contribution in [0.2, 0.25) is 0 Å². The van der Waals surface area contributed by atoms with Crippen molar-refractivity contribution in [3.63, 3.8) is 0 Å². The summed E-state index contributed by atoms with van der Waals surface area (Å²) < 4.78 is 1.99. The maximum Gasteiger partial charge on any atom is 0.304 e. The average molecular weight is 266 g/mol. The summed E-state index contributed by atoms with van der Waals surface area (Å²) in [7, 11) is 0. The Morgan fingerprint density at radius 3 is 3.06 bits per heavy atom. The Balaban J connectivity index is 1.83. The van der Waals surface area contributed by atoms with Crippen LogP contribution in [0, 0.1) is 0 Å². The summed E-state index contributed by atoms with van der Waals surface area (Å²) in [5.74, 6) is 0. The molecule has 2 heterocycles. The molecular weight excluding hydrogens is 248 g/mol. The van der Waals surface area contributed by atoms with Crippen LogP contribution in [0.5, 0.6) is 0 Å². The third-order valence-corrected chi connectivity index (χ3v) is 3.62. The van der Waals surface area contributed by atoms with Crippen molar-refractivity contribution in [3.8, 4) is 0 Å². The highest BCUT2D eigenvalue weighted by atomic mass is 32.1. The average Bonchev–Trinajstić information content (AvgIpc) is 2.98. The lowest BCUT2D eigenvalue weighted by Gasteiger charge is -2.08. The van der Waals surface area contributed by atoms with Gasteiger partial charge >= 0.3 is 4.87 Å². The number of thiazole rings is 1. The lowest BCUT2D eigenvalue weighted by atomic mass is 10.3. The van der Waals surface area contributed by atoms with Gasteiger partial charge in [-0.25, -0.2) is 0 Å². The predicted octanol–water partition coefficient (Wildman–Crippen LogP) is 1.89. The van der Waals surface area contributed by atoms with E-state index in [1.165, 1.54) is 11.3 Å². The van der Waals surface area contributed by atoms with Crippen molar-refractivity contribution in [1.82, 2.24) is 20.1 Å². The van der Waals surface area contributed by atoms with Gasteiger partial charge in [0.25, 0.3) is 0 Å². The van der Waals surface area contributed by atoms with E-state index in [4.69, 9.17) is 0 Å². The van der Waals surface area contributed by atoms with E-state index in [1.54, 1.807) is 0 Å². The number of aromatic nitrogens is 3. The van der Waals surface area contributed by atoms with Gasteiger partial charge in [0.15, 0.2) is 0 Å². The van der Waals surface area contributed by atoms with E-state index >= 15 is 0 Å². The first-order valence-electron chi connectivity index (χ1n) is 6.10. The molecule has 0 radical (unpaired) electrons. The lowest BCUT2D eigenvalue weighted by Crippen LogP contribution is -2.15. The molecule has 1 unspecified atom stereocenters. The molecule has 0 saturated carbocycles. The van der Waals surface area contributed by atoms with Crippen molar-refractivity contribution >= 4 is 11.3 Å². The number of nitrogens with zero attached hydrogens (tertiary/aromatic N) is 2. The SMILES string of the molecule is CCC(C)n1ccc(CNCc2csc(=O)[nH]2)n1. The van der Waals surface area contributed by atoms with Crippen LogP contribution in [0.3, 0.4) is 0 Å². The van der Waals surface area contributed by atoms with E-state index in [0.717, 1.165) is 17.8 Å². The Kier molecular flexibility index (Phi) is 4.33. The molecule has 0 aliphatic rings. The Hall–Kier alpha value is -1.40. The molecule has 18 heavy (non-hydrogen) atoms. The molecule has 0 spiro atoms. The molecule has 2 N–H and O–H groups in total. The summed E-state index contributed by atoms with van der Waals surface area (Å²) in [5.41, 5.74) is 1.94. The van der Waals surface area contributed by atoms with Crippen LogP contribution in [-0.2, 0) is 13.1 Å². The van der Waals surface area contributed by atoms with Crippen LogP contribution in [0.25, 0.3) is 0 Å². The quantitative estimate of drug-likeness (QED) is 0.839. The number of rotatable bonds is 6. The molecule has 2 aromatic rings. The fourth-order valence-corrected chi connectivity index (χ4v) is 2.21. The standard InChI is InChI=1S/C12H18N4OS/c1-3-9(2)16-5-4-10(15-16)6-13-7-11-8-18-12(17)14-11/h4-5,8-9,13H,3,6-7H2,1-2H3,(H,14,17). The van der Waals surface area contributed by atoms with E-state index in [2.05, 4.69) is 29.2 Å². The molecule has 0 aliphatic carbocycles. The molecule has 6 heteroatoms. The van der Waals surface area contributed by atoms with Gasteiger partial charge in [0.2, 0.25) is 0 Å². The van der Waals surface area contributed by atoms with Crippen LogP contribution in [-0.4, -0.2) is 14.8 Å². The topological polar surface area (TPSA) is 62.7 Å². The highest BCUT2D eigenvalue weighted by molar-refractivity contribution is 7.07. The van der Waals surface area contributed by atoms with Crippen molar-refractivity contribution in [2.75, 3.05) is 0 Å². The van der Waals surface area contributed by atoms with Crippen molar-refractivity contribution in [2.24, 2.45) is 0 Å². The number of aromatic amines is 1. The Labute approximate surface area is 110 Å². The van der Waals surface area contributed by atoms with Crippen molar-refractivity contribution in [1.29, 1.82) is 0 Å². The zero-order valence-electron chi connectivity index (χ0n) is 10.6. The molecule has 2 rings (SSSR count). The monoisotopic (exact) mass is 266 g/mol. The highest BCUT2D eigenvalue weighted by Gasteiger charge is 2.04. The van der Waals surface area contributed by atoms with Gasteiger partial charge in [-0.2, -0.15) is 5.10 Å². The van der Waals surface area contributed by atoms with E-state index < -0.39 is 0 Å². The van der Waals surface area contributed by atoms with Gasteiger partial charge in [0.05, 0.1) is 5.69 Å². The fourth-order valence-electron chi connectivity index (χ4n) is 1.63. The number of hydrogen-bond acceptors (Lipinski definition) is 4. The van der Waals surface area contributed by atoms with Crippen LogP contribution in [0.15, 0.2) is 22.4 Å². The highest BCUT2D eigenvalue weighted by Crippen LogP contribution is 2.09. The molecule has 1 atom stereocenters. The molecule has 2 aromatic heterocycles. The van der Waals surface area contributed by atoms with Crippen molar-refractivity contribution in [2.45, 2.75) is 39.4 Å². The maximum absolute atomic E-state index is 11.0. The van der Waals surface area contributed by atoms with Gasteiger partial charge in [0, 0.05) is 36.4 Å². The normalized spacial score (nSPS) is 12.8.